The zero-order chi connectivity index (χ0) is 22.7. The largest absolute Gasteiger partial charge is 0.387 e. The van der Waals surface area contributed by atoms with Crippen molar-refractivity contribution < 1.29 is 24.2 Å². The van der Waals surface area contributed by atoms with Gasteiger partial charge in [0.05, 0.1) is 17.6 Å². The molecule has 1 N–H and O–H groups in total. The van der Waals surface area contributed by atoms with Gasteiger partial charge in [0.2, 0.25) is 0 Å². The Morgan fingerprint density at radius 2 is 1.72 bits per heavy atom. The van der Waals surface area contributed by atoms with Crippen LogP contribution in [0.2, 0.25) is 0 Å². The van der Waals surface area contributed by atoms with Gasteiger partial charge in [-0.25, -0.2) is 0 Å². The summed E-state index contributed by atoms with van der Waals surface area (Å²) in [5, 5.41) is 11.0. The van der Waals surface area contributed by atoms with Crippen molar-refractivity contribution in [2.75, 3.05) is 6.61 Å². The lowest BCUT2D eigenvalue weighted by atomic mass is 9.43. The number of hydrogen-bond acceptors (Lipinski definition) is 5. The summed E-state index contributed by atoms with van der Waals surface area (Å²) in [5.74, 6) is 1.87. The highest BCUT2D eigenvalue weighted by Crippen LogP contribution is 2.69. The van der Waals surface area contributed by atoms with E-state index in [2.05, 4.69) is 13.8 Å². The van der Waals surface area contributed by atoms with E-state index in [1.54, 1.807) is 0 Å². The van der Waals surface area contributed by atoms with Crippen LogP contribution >= 0.6 is 0 Å². The second-order valence-electron chi connectivity index (χ2n) is 13.1. The van der Waals surface area contributed by atoms with Gasteiger partial charge in [-0.2, -0.15) is 0 Å². The number of ketones is 2. The van der Waals surface area contributed by atoms with Crippen molar-refractivity contribution in [1.82, 2.24) is 0 Å². The van der Waals surface area contributed by atoms with Gasteiger partial charge >= 0.3 is 0 Å². The van der Waals surface area contributed by atoms with Crippen LogP contribution < -0.4 is 0 Å². The average molecular weight is 445 g/mol. The molecule has 4 aliphatic carbocycles. The zero-order valence-corrected chi connectivity index (χ0v) is 20.2. The molecule has 6 fully saturated rings. The molecule has 2 aliphatic heterocycles. The first-order valence-corrected chi connectivity index (χ1v) is 13.1. The predicted molar refractivity (Wildman–Crippen MR) is 119 cm³/mol. The third-order valence-electron chi connectivity index (χ3n) is 11.5. The molecule has 5 nitrogen and oxygen atoms in total. The fourth-order valence-electron chi connectivity index (χ4n) is 9.95. The Labute approximate surface area is 192 Å². The highest BCUT2D eigenvalue weighted by Gasteiger charge is 2.72. The van der Waals surface area contributed by atoms with E-state index in [9.17, 15) is 14.7 Å². The van der Waals surface area contributed by atoms with Crippen LogP contribution in [-0.4, -0.2) is 40.8 Å². The summed E-state index contributed by atoms with van der Waals surface area (Å²) < 4.78 is 12.9. The summed E-state index contributed by atoms with van der Waals surface area (Å²) in [6.07, 6.45) is 7.33. The molecule has 178 valence electrons. The molecule has 10 atom stereocenters. The second-order valence-corrected chi connectivity index (χ2v) is 13.1. The molecule has 4 saturated carbocycles. The Hall–Kier alpha value is -0.780. The van der Waals surface area contributed by atoms with Gasteiger partial charge in [-0.05, 0) is 81.0 Å². The fraction of sp³-hybridized carbons (Fsp3) is 0.926. The van der Waals surface area contributed by atoms with Crippen molar-refractivity contribution in [3.8, 4) is 0 Å². The molecular weight excluding hydrogens is 404 g/mol. The number of aliphatic hydroxyl groups is 1. The van der Waals surface area contributed by atoms with E-state index in [4.69, 9.17) is 9.47 Å². The molecule has 0 unspecified atom stereocenters. The summed E-state index contributed by atoms with van der Waals surface area (Å²) >= 11 is 0. The zero-order valence-electron chi connectivity index (χ0n) is 20.2. The second kappa shape index (κ2) is 6.66. The van der Waals surface area contributed by atoms with E-state index in [1.165, 1.54) is 0 Å². The fourth-order valence-corrected chi connectivity index (χ4v) is 9.95. The number of carbonyl (C=O) groups is 2. The van der Waals surface area contributed by atoms with E-state index < -0.39 is 22.9 Å². The number of aliphatic hydroxyl groups excluding tert-OH is 1. The van der Waals surface area contributed by atoms with E-state index in [1.807, 2.05) is 13.8 Å². The maximum Gasteiger partial charge on any atom is 0.198 e. The number of Topliss-reactive ketones (excluding diaryl/α,β-unsaturated/α-hetero) is 2. The molecule has 6 rings (SSSR count). The van der Waals surface area contributed by atoms with Gasteiger partial charge in [-0.3, -0.25) is 9.59 Å². The van der Waals surface area contributed by atoms with Crippen molar-refractivity contribution in [1.29, 1.82) is 0 Å². The minimum absolute atomic E-state index is 0.00208. The maximum absolute atomic E-state index is 14.1. The van der Waals surface area contributed by atoms with Crippen LogP contribution in [0.5, 0.6) is 0 Å². The van der Waals surface area contributed by atoms with E-state index in [0.29, 0.717) is 61.1 Å². The number of fused-ring (bicyclic) bond motifs is 4. The lowest BCUT2D eigenvalue weighted by Crippen LogP contribution is -2.66. The third-order valence-corrected chi connectivity index (χ3v) is 11.5. The van der Waals surface area contributed by atoms with Gasteiger partial charge in [-0.1, -0.05) is 13.8 Å². The molecular formula is C27H40O5. The lowest BCUT2D eigenvalue weighted by Gasteiger charge is -2.62. The molecule has 0 aromatic carbocycles. The van der Waals surface area contributed by atoms with Crippen LogP contribution in [0, 0.1) is 46.3 Å². The molecule has 0 aromatic heterocycles. The molecule has 2 spiro atoms. The molecule has 0 radical (unpaired) electrons. The highest BCUT2D eigenvalue weighted by atomic mass is 16.7. The van der Waals surface area contributed by atoms with Gasteiger partial charge in [0, 0.05) is 31.6 Å². The summed E-state index contributed by atoms with van der Waals surface area (Å²) in [6.45, 7) is 8.99. The topological polar surface area (TPSA) is 72.8 Å². The molecule has 5 heteroatoms. The Morgan fingerprint density at radius 3 is 2.44 bits per heavy atom. The smallest absolute Gasteiger partial charge is 0.198 e. The normalized spacial score (nSPS) is 56.5. The molecule has 0 aromatic rings. The van der Waals surface area contributed by atoms with E-state index in [0.717, 1.165) is 38.5 Å². The molecule has 2 saturated heterocycles. The van der Waals surface area contributed by atoms with Crippen LogP contribution in [0.15, 0.2) is 0 Å². The minimum Gasteiger partial charge on any atom is -0.387 e. The first kappa shape index (κ1) is 21.7. The number of carbonyl (C=O) groups excluding carboxylic acids is 2. The first-order chi connectivity index (χ1) is 15.0. The van der Waals surface area contributed by atoms with Gasteiger partial charge in [0.15, 0.2) is 5.79 Å². The van der Waals surface area contributed by atoms with Crippen molar-refractivity contribution >= 4 is 11.6 Å². The monoisotopic (exact) mass is 444 g/mol. The van der Waals surface area contributed by atoms with Gasteiger partial charge in [0.25, 0.3) is 0 Å². The Morgan fingerprint density at radius 1 is 0.969 bits per heavy atom. The number of hydrogen-bond donors (Lipinski definition) is 1. The average Bonchev–Trinajstić information content (AvgIpc) is 3.23. The van der Waals surface area contributed by atoms with Crippen molar-refractivity contribution in [2.45, 2.75) is 103 Å². The molecule has 2 heterocycles. The third kappa shape index (κ3) is 2.57. The van der Waals surface area contributed by atoms with Gasteiger partial charge in [-0.15, -0.1) is 0 Å². The molecule has 32 heavy (non-hydrogen) atoms. The summed E-state index contributed by atoms with van der Waals surface area (Å²) in [6, 6.07) is 0. The standard InChI is InChI=1S/C27H40O5/c1-15-19-7-8-20-18-6-5-16-11-17(28)9-10-25(16,4)21(18)12-22(29)26(19,20)14-31-27(15)23(30)13-24(2,3)32-27/h15-16,18-21,23,30H,5-14H2,1-4H3/t15-,16-,18-,19+,20+,21-,23+,25-,26+,27+/m0/s1. The van der Waals surface area contributed by atoms with Crippen molar-refractivity contribution in [3.05, 3.63) is 0 Å². The van der Waals surface area contributed by atoms with Crippen molar-refractivity contribution in [3.63, 3.8) is 0 Å². The predicted octanol–water partition coefficient (Wildman–Crippen LogP) is 4.30. The first-order valence-electron chi connectivity index (χ1n) is 13.1. The summed E-state index contributed by atoms with van der Waals surface area (Å²) in [7, 11) is 0. The summed E-state index contributed by atoms with van der Waals surface area (Å²) in [5.41, 5.74) is -0.693. The molecule has 0 bridgehead atoms. The van der Waals surface area contributed by atoms with Crippen LogP contribution in [0.3, 0.4) is 0 Å². The van der Waals surface area contributed by atoms with Crippen LogP contribution in [0.25, 0.3) is 0 Å². The van der Waals surface area contributed by atoms with E-state index >= 15 is 0 Å². The van der Waals surface area contributed by atoms with Crippen LogP contribution in [0.4, 0.5) is 0 Å². The lowest BCUT2D eigenvalue weighted by molar-refractivity contribution is -0.342. The maximum atomic E-state index is 14.1. The Bertz CT molecular complexity index is 851. The molecule has 6 aliphatic rings. The number of rotatable bonds is 0. The van der Waals surface area contributed by atoms with Crippen molar-refractivity contribution in [2.24, 2.45) is 46.3 Å². The van der Waals surface area contributed by atoms with Crippen LogP contribution in [0.1, 0.15) is 85.5 Å². The van der Waals surface area contributed by atoms with E-state index in [-0.39, 0.29) is 17.3 Å². The highest BCUT2D eigenvalue weighted by molar-refractivity contribution is 5.88. The van der Waals surface area contributed by atoms with Gasteiger partial charge < -0.3 is 14.6 Å². The van der Waals surface area contributed by atoms with Crippen LogP contribution in [-0.2, 0) is 19.1 Å². The Balaban J connectivity index is 1.33. The number of ether oxygens (including phenoxy) is 2. The Kier molecular flexibility index (Phi) is 4.53. The van der Waals surface area contributed by atoms with Gasteiger partial charge in [0.1, 0.15) is 17.7 Å². The SMILES string of the molecule is C[C@H]1[C@H]2CC[C@@H]3[C@@H]4CC[C@H]5CC(=O)CC[C@]5(C)[C@H]4CC(=O)[C@@]32CO[C@@]12OC(C)(C)C[C@H]2O. The summed E-state index contributed by atoms with van der Waals surface area (Å²) in [4.78, 5) is 26.2. The quantitative estimate of drug-likeness (QED) is 0.603. The molecule has 0 amide bonds. The minimum atomic E-state index is -0.973.